The molecule has 0 aliphatic carbocycles. The van der Waals surface area contributed by atoms with Crippen molar-refractivity contribution in [1.82, 2.24) is 14.7 Å². The number of benzene rings is 1. The number of hydrogen-bond acceptors (Lipinski definition) is 9. The highest BCUT2D eigenvalue weighted by atomic mass is 16.6. The number of esters is 3. The molecule has 0 bridgehead atoms. The summed E-state index contributed by atoms with van der Waals surface area (Å²) < 4.78 is 18.6. The van der Waals surface area contributed by atoms with Gasteiger partial charge in [0.25, 0.3) is 0 Å². The molecule has 0 radical (unpaired) electrons. The molecule has 0 spiro atoms. The van der Waals surface area contributed by atoms with E-state index in [-0.39, 0.29) is 68.2 Å². The van der Waals surface area contributed by atoms with Crippen molar-refractivity contribution < 1.29 is 28.6 Å². The van der Waals surface area contributed by atoms with E-state index in [4.69, 9.17) is 14.2 Å². The van der Waals surface area contributed by atoms with Gasteiger partial charge in [0.2, 0.25) is 0 Å². The fourth-order valence-corrected chi connectivity index (χ4v) is 9.00. The zero-order valence-electron chi connectivity index (χ0n) is 33.4. The molecule has 3 aliphatic rings. The minimum absolute atomic E-state index is 0.0348. The van der Waals surface area contributed by atoms with Crippen LogP contribution in [-0.4, -0.2) is 105 Å². The second kappa shape index (κ2) is 12.9. The van der Waals surface area contributed by atoms with Gasteiger partial charge < -0.3 is 14.2 Å². The smallest absolute Gasteiger partial charge is 0.339 e. The van der Waals surface area contributed by atoms with Crippen LogP contribution in [-0.2, 0) is 14.2 Å². The Bertz CT molecular complexity index is 1400. The van der Waals surface area contributed by atoms with Gasteiger partial charge in [-0.2, -0.15) is 0 Å². The molecule has 9 heteroatoms. The molecule has 0 unspecified atom stereocenters. The first-order valence-corrected chi connectivity index (χ1v) is 18.1. The van der Waals surface area contributed by atoms with Gasteiger partial charge in [-0.05, 0) is 129 Å². The van der Waals surface area contributed by atoms with Crippen LogP contribution in [0.3, 0.4) is 0 Å². The van der Waals surface area contributed by atoms with Crippen LogP contribution >= 0.6 is 0 Å². The van der Waals surface area contributed by atoms with Crippen molar-refractivity contribution >= 4 is 17.9 Å². The lowest BCUT2D eigenvalue weighted by Gasteiger charge is -2.53. The van der Waals surface area contributed by atoms with Gasteiger partial charge in [-0.25, -0.2) is 14.4 Å². The van der Waals surface area contributed by atoms with Crippen molar-refractivity contribution in [3.63, 3.8) is 0 Å². The van der Waals surface area contributed by atoms with Crippen molar-refractivity contribution in [3.05, 3.63) is 34.4 Å². The molecule has 4 rings (SSSR count). The zero-order chi connectivity index (χ0) is 37.3. The molecule has 1 aromatic rings. The van der Waals surface area contributed by atoms with E-state index in [1.165, 1.54) is 6.07 Å². The molecule has 0 saturated carbocycles. The average Bonchev–Trinajstić information content (AvgIpc) is 2.92. The van der Waals surface area contributed by atoms with Gasteiger partial charge in [0.05, 0.1) is 16.7 Å². The number of carbonyl (C=O) groups is 3. The first-order chi connectivity index (χ1) is 22.1. The Balaban J connectivity index is 1.68. The number of likely N-dealkylation sites (tertiary alicyclic amines) is 3. The number of piperidine rings is 3. The van der Waals surface area contributed by atoms with E-state index >= 15 is 0 Å². The summed E-state index contributed by atoms with van der Waals surface area (Å²) in [5.41, 5.74) is -0.192. The monoisotopic (exact) mass is 683 g/mol. The quantitative estimate of drug-likeness (QED) is 0.225. The molecule has 1 aromatic carbocycles. The summed E-state index contributed by atoms with van der Waals surface area (Å²) in [6, 6.07) is 3.10. The molecule has 0 N–H and O–H groups in total. The number of nitrogens with zero attached hydrogens (tertiary/aromatic N) is 3. The first kappa shape index (κ1) is 39.3. The third kappa shape index (κ3) is 8.04. The van der Waals surface area contributed by atoms with Crippen molar-refractivity contribution in [3.8, 4) is 0 Å². The molecule has 3 aliphatic heterocycles. The Morgan fingerprint density at radius 1 is 0.469 bits per heavy atom. The molecule has 276 valence electrons. The number of rotatable bonds is 6. The van der Waals surface area contributed by atoms with Crippen molar-refractivity contribution in [2.75, 3.05) is 21.1 Å². The molecule has 49 heavy (non-hydrogen) atoms. The highest BCUT2D eigenvalue weighted by molar-refractivity contribution is 6.06. The van der Waals surface area contributed by atoms with Gasteiger partial charge in [-0.15, -0.1) is 0 Å². The van der Waals surface area contributed by atoms with Gasteiger partial charge in [-0.1, -0.05) is 0 Å². The Morgan fingerprint density at radius 2 is 0.694 bits per heavy atom. The largest absolute Gasteiger partial charge is 0.459 e. The Labute approximate surface area is 296 Å². The second-order valence-corrected chi connectivity index (χ2v) is 19.1. The van der Waals surface area contributed by atoms with E-state index in [2.05, 4.69) is 119 Å². The Kier molecular flexibility index (Phi) is 10.4. The van der Waals surface area contributed by atoms with Gasteiger partial charge in [0.15, 0.2) is 0 Å². The van der Waals surface area contributed by atoms with Crippen LogP contribution in [0, 0.1) is 6.92 Å². The van der Waals surface area contributed by atoms with E-state index in [0.29, 0.717) is 44.1 Å². The second-order valence-electron chi connectivity index (χ2n) is 19.1. The summed E-state index contributed by atoms with van der Waals surface area (Å²) in [4.78, 5) is 49.0. The van der Waals surface area contributed by atoms with Gasteiger partial charge in [0.1, 0.15) is 18.3 Å². The zero-order valence-corrected chi connectivity index (χ0v) is 33.4. The number of carbonyl (C=O) groups excluding carboxylic acids is 3. The third-order valence-corrected chi connectivity index (χ3v) is 12.7. The summed E-state index contributed by atoms with van der Waals surface area (Å²) in [5.74, 6) is -1.72. The fourth-order valence-electron chi connectivity index (χ4n) is 9.00. The van der Waals surface area contributed by atoms with Crippen molar-refractivity contribution in [2.24, 2.45) is 0 Å². The summed E-state index contributed by atoms with van der Waals surface area (Å²) in [7, 11) is 6.31. The summed E-state index contributed by atoms with van der Waals surface area (Å²) in [6.45, 7) is 27.6. The highest BCUT2D eigenvalue weighted by Crippen LogP contribution is 2.41. The molecule has 3 fully saturated rings. The van der Waals surface area contributed by atoms with Crippen LogP contribution in [0.25, 0.3) is 0 Å². The highest BCUT2D eigenvalue weighted by Gasteiger charge is 2.47. The van der Waals surface area contributed by atoms with Crippen LogP contribution < -0.4 is 0 Å². The SMILES string of the molecule is Cc1cc(C(=O)OC2CC(C)(C)N(C)C(C)(C)C2)c(C(=O)OC2CC(C)(C)N(C)C(C)(C)C2)cc1C(=O)OC1CC(C)(C)N(C)C(C)(C)C1. The normalized spacial score (nSPS) is 25.8. The Hall–Kier alpha value is -2.49. The predicted molar refractivity (Wildman–Crippen MR) is 194 cm³/mol. The lowest BCUT2D eigenvalue weighted by Crippen LogP contribution is -2.60. The van der Waals surface area contributed by atoms with Crippen LogP contribution in [0.5, 0.6) is 0 Å². The molecular weight excluding hydrogens is 618 g/mol. The molecule has 0 atom stereocenters. The van der Waals surface area contributed by atoms with E-state index < -0.39 is 17.9 Å². The summed E-state index contributed by atoms with van der Waals surface area (Å²) in [5, 5.41) is 0. The average molecular weight is 684 g/mol. The fraction of sp³-hybridized carbons (Fsp3) is 0.775. The van der Waals surface area contributed by atoms with E-state index in [0.717, 1.165) is 0 Å². The molecule has 3 heterocycles. The molecule has 3 saturated heterocycles. The molecule has 0 amide bonds. The van der Waals surface area contributed by atoms with Gasteiger partial charge in [-0.3, -0.25) is 14.7 Å². The minimum atomic E-state index is -0.632. The summed E-state index contributed by atoms with van der Waals surface area (Å²) in [6.07, 6.45) is 2.96. The number of hydrogen-bond donors (Lipinski definition) is 0. The van der Waals surface area contributed by atoms with Crippen molar-refractivity contribution in [2.45, 2.75) is 180 Å². The maximum Gasteiger partial charge on any atom is 0.339 e. The predicted octanol–water partition coefficient (Wildman–Crippen LogP) is 7.42. The van der Waals surface area contributed by atoms with Gasteiger partial charge >= 0.3 is 17.9 Å². The van der Waals surface area contributed by atoms with Crippen molar-refractivity contribution in [1.29, 1.82) is 0 Å². The number of ether oxygens (including phenoxy) is 3. The Morgan fingerprint density at radius 3 is 0.959 bits per heavy atom. The topological polar surface area (TPSA) is 88.6 Å². The lowest BCUT2D eigenvalue weighted by atomic mass is 9.78. The lowest BCUT2D eigenvalue weighted by molar-refractivity contribution is -0.0752. The van der Waals surface area contributed by atoms with E-state index in [1.807, 2.05) is 0 Å². The summed E-state index contributed by atoms with van der Waals surface area (Å²) >= 11 is 0. The minimum Gasteiger partial charge on any atom is -0.459 e. The van der Waals surface area contributed by atoms with Crippen LogP contribution in [0.15, 0.2) is 12.1 Å². The maximum absolute atomic E-state index is 14.2. The van der Waals surface area contributed by atoms with E-state index in [1.54, 1.807) is 13.0 Å². The van der Waals surface area contributed by atoms with Crippen LogP contribution in [0.2, 0.25) is 0 Å². The first-order valence-electron chi connectivity index (χ1n) is 18.1. The molecule has 0 aromatic heterocycles. The third-order valence-electron chi connectivity index (χ3n) is 12.7. The standard InChI is InChI=1S/C40H65N3O6/c1-25-17-30(33(45)48-27-21-37(6,7)42(15)38(8,9)22-27)31(34(46)49-28-23-39(10,11)43(16)40(12,13)24-28)18-29(25)32(44)47-26-19-35(2,3)41(14)36(4,5)20-26/h17-18,26-28H,19-24H2,1-16H3. The number of aryl methyl sites for hydroxylation is 1. The molecular formula is C40H65N3O6. The van der Waals surface area contributed by atoms with Crippen LogP contribution in [0.4, 0.5) is 0 Å². The van der Waals surface area contributed by atoms with Gasteiger partial charge in [0, 0.05) is 71.8 Å². The van der Waals surface area contributed by atoms with Crippen LogP contribution in [0.1, 0.15) is 158 Å². The van der Waals surface area contributed by atoms with E-state index in [9.17, 15) is 14.4 Å². The maximum atomic E-state index is 14.2. The molecule has 9 nitrogen and oxygen atoms in total.